The minimum Gasteiger partial charge on any atom is -0.444 e. The predicted octanol–water partition coefficient (Wildman–Crippen LogP) is 3.24. The van der Waals surface area contributed by atoms with Crippen molar-refractivity contribution in [2.24, 2.45) is 7.05 Å². The lowest BCUT2D eigenvalue weighted by atomic mass is 10.0. The number of fused-ring (bicyclic) bond motifs is 2. The maximum Gasteiger partial charge on any atom is 0.407 e. The highest BCUT2D eigenvalue weighted by atomic mass is 16.6. The Hall–Kier alpha value is -2.01. The number of benzene rings is 1. The van der Waals surface area contributed by atoms with E-state index in [-0.39, 0.29) is 6.09 Å². The summed E-state index contributed by atoms with van der Waals surface area (Å²) in [6.45, 7) is 8.16. The molecule has 1 aliphatic rings. The average molecular weight is 329 g/mol. The molecule has 1 aromatic carbocycles. The Labute approximate surface area is 143 Å². The van der Waals surface area contributed by atoms with Gasteiger partial charge in [0.2, 0.25) is 0 Å². The van der Waals surface area contributed by atoms with E-state index < -0.39 is 5.60 Å². The van der Waals surface area contributed by atoms with Crippen LogP contribution in [0.25, 0.3) is 10.9 Å². The van der Waals surface area contributed by atoms with Crippen molar-refractivity contribution in [1.29, 1.82) is 0 Å². The van der Waals surface area contributed by atoms with E-state index in [1.807, 2.05) is 20.8 Å². The van der Waals surface area contributed by atoms with Gasteiger partial charge in [-0.1, -0.05) is 0 Å². The summed E-state index contributed by atoms with van der Waals surface area (Å²) in [5, 5.41) is 7.56. The van der Waals surface area contributed by atoms with Crippen molar-refractivity contribution in [3.8, 4) is 0 Å². The molecule has 0 saturated carbocycles. The topological polar surface area (TPSA) is 55.3 Å². The van der Waals surface area contributed by atoms with E-state index in [1.165, 1.54) is 27.6 Å². The fraction of sp³-hybridized carbons (Fsp3) is 0.526. The molecule has 3 rings (SSSR count). The molecular weight excluding hydrogens is 302 g/mol. The quantitative estimate of drug-likeness (QED) is 0.847. The highest BCUT2D eigenvalue weighted by molar-refractivity contribution is 5.85. The summed E-state index contributed by atoms with van der Waals surface area (Å²) >= 11 is 0. The van der Waals surface area contributed by atoms with Crippen LogP contribution < -0.4 is 10.6 Å². The molecule has 0 atom stereocenters. The third-order valence-corrected chi connectivity index (χ3v) is 4.32. The van der Waals surface area contributed by atoms with Crippen LogP contribution in [0.3, 0.4) is 0 Å². The van der Waals surface area contributed by atoms with E-state index in [2.05, 4.69) is 40.6 Å². The summed E-state index contributed by atoms with van der Waals surface area (Å²) < 4.78 is 7.45. The summed E-state index contributed by atoms with van der Waals surface area (Å²) in [7, 11) is 2.10. The highest BCUT2D eigenvalue weighted by Gasteiger charge is 2.16. The molecule has 0 unspecified atom stereocenters. The number of rotatable bonds is 4. The Morgan fingerprint density at radius 3 is 2.71 bits per heavy atom. The van der Waals surface area contributed by atoms with E-state index in [9.17, 15) is 4.79 Å². The molecule has 0 saturated heterocycles. The Balaban J connectivity index is 1.61. The van der Waals surface area contributed by atoms with Gasteiger partial charge in [0.1, 0.15) is 5.60 Å². The molecule has 24 heavy (non-hydrogen) atoms. The van der Waals surface area contributed by atoms with E-state index in [0.29, 0.717) is 6.54 Å². The average Bonchev–Trinajstić information content (AvgIpc) is 3.05. The van der Waals surface area contributed by atoms with E-state index in [4.69, 9.17) is 4.74 Å². The monoisotopic (exact) mass is 329 g/mol. The fourth-order valence-electron chi connectivity index (χ4n) is 3.24. The van der Waals surface area contributed by atoms with Crippen LogP contribution in [0.1, 0.15) is 43.9 Å². The molecule has 0 aliphatic carbocycles. The molecule has 1 amide bonds. The number of carbonyl (C=O) groups excluding carboxylic acids is 1. The van der Waals surface area contributed by atoms with E-state index in [0.717, 1.165) is 25.9 Å². The Bertz CT molecular complexity index is 756. The second kappa shape index (κ2) is 6.48. The smallest absolute Gasteiger partial charge is 0.407 e. The van der Waals surface area contributed by atoms with Crippen LogP contribution in [0, 0.1) is 0 Å². The number of amides is 1. The van der Waals surface area contributed by atoms with Gasteiger partial charge in [-0.05, 0) is 62.4 Å². The summed E-state index contributed by atoms with van der Waals surface area (Å²) in [6.07, 6.45) is 3.71. The standard InChI is InChI=1S/C19H27N3O2/c1-19(2,3)24-18(23)21-7-5-6-13-12-22(4)17-9-15-11-20-10-14(15)8-16(13)17/h8-9,12,20H,5-7,10-11H2,1-4H3,(H,21,23). The van der Waals surface area contributed by atoms with Crippen LogP contribution in [0.5, 0.6) is 0 Å². The number of alkyl carbamates (subject to hydrolysis) is 1. The first-order valence-electron chi connectivity index (χ1n) is 8.61. The first-order chi connectivity index (χ1) is 11.3. The second-order valence-electron chi connectivity index (χ2n) is 7.54. The molecule has 0 fully saturated rings. The van der Waals surface area contributed by atoms with Crippen molar-refractivity contribution in [3.05, 3.63) is 35.0 Å². The van der Waals surface area contributed by atoms with Crippen LogP contribution in [0.2, 0.25) is 0 Å². The van der Waals surface area contributed by atoms with Crippen molar-refractivity contribution < 1.29 is 9.53 Å². The molecule has 0 bridgehead atoms. The maximum absolute atomic E-state index is 11.7. The van der Waals surface area contributed by atoms with Crippen LogP contribution in [-0.2, 0) is 31.3 Å². The minimum atomic E-state index is -0.450. The van der Waals surface area contributed by atoms with Crippen molar-refractivity contribution in [3.63, 3.8) is 0 Å². The molecule has 5 nitrogen and oxygen atoms in total. The maximum atomic E-state index is 11.7. The lowest BCUT2D eigenvalue weighted by Gasteiger charge is -2.19. The van der Waals surface area contributed by atoms with Gasteiger partial charge in [-0.3, -0.25) is 0 Å². The van der Waals surface area contributed by atoms with Crippen LogP contribution >= 0.6 is 0 Å². The van der Waals surface area contributed by atoms with Gasteiger partial charge in [0.15, 0.2) is 0 Å². The van der Waals surface area contributed by atoms with Crippen LogP contribution in [0.4, 0.5) is 4.79 Å². The van der Waals surface area contributed by atoms with Gasteiger partial charge in [0.25, 0.3) is 0 Å². The number of aryl methyl sites for hydroxylation is 2. The zero-order valence-corrected chi connectivity index (χ0v) is 15.0. The zero-order valence-electron chi connectivity index (χ0n) is 15.0. The summed E-state index contributed by atoms with van der Waals surface area (Å²) in [5.41, 5.74) is 4.98. The van der Waals surface area contributed by atoms with Crippen molar-refractivity contribution in [2.75, 3.05) is 6.54 Å². The summed E-state index contributed by atoms with van der Waals surface area (Å²) in [5.74, 6) is 0. The molecule has 2 aromatic rings. The molecule has 0 spiro atoms. The molecule has 2 heterocycles. The van der Waals surface area contributed by atoms with E-state index in [1.54, 1.807) is 0 Å². The van der Waals surface area contributed by atoms with Gasteiger partial charge in [-0.25, -0.2) is 4.79 Å². The Kier molecular flexibility index (Phi) is 4.54. The minimum absolute atomic E-state index is 0.343. The van der Waals surface area contributed by atoms with Gasteiger partial charge < -0.3 is 19.9 Å². The number of nitrogens with zero attached hydrogens (tertiary/aromatic N) is 1. The fourth-order valence-corrected chi connectivity index (χ4v) is 3.24. The largest absolute Gasteiger partial charge is 0.444 e. The third-order valence-electron chi connectivity index (χ3n) is 4.32. The zero-order chi connectivity index (χ0) is 17.3. The lowest BCUT2D eigenvalue weighted by Crippen LogP contribution is -2.33. The molecule has 5 heteroatoms. The van der Waals surface area contributed by atoms with E-state index >= 15 is 0 Å². The Morgan fingerprint density at radius 1 is 1.29 bits per heavy atom. The summed E-state index contributed by atoms with van der Waals surface area (Å²) in [4.78, 5) is 11.7. The van der Waals surface area contributed by atoms with Crippen LogP contribution in [0.15, 0.2) is 18.3 Å². The number of hydrogen-bond donors (Lipinski definition) is 2. The molecule has 130 valence electrons. The van der Waals surface area contributed by atoms with Gasteiger partial charge in [0, 0.05) is 43.8 Å². The third kappa shape index (κ3) is 3.73. The summed E-state index contributed by atoms with van der Waals surface area (Å²) in [6, 6.07) is 4.62. The van der Waals surface area contributed by atoms with Gasteiger partial charge in [-0.2, -0.15) is 0 Å². The van der Waals surface area contributed by atoms with Crippen molar-refractivity contribution in [2.45, 2.75) is 52.3 Å². The predicted molar refractivity (Wildman–Crippen MR) is 96.0 cm³/mol. The number of hydrogen-bond acceptors (Lipinski definition) is 3. The van der Waals surface area contributed by atoms with Gasteiger partial charge >= 0.3 is 6.09 Å². The molecule has 2 N–H and O–H groups in total. The first-order valence-corrected chi connectivity index (χ1v) is 8.61. The van der Waals surface area contributed by atoms with Crippen LogP contribution in [-0.4, -0.2) is 22.8 Å². The molecule has 0 radical (unpaired) electrons. The van der Waals surface area contributed by atoms with Gasteiger partial charge in [0.05, 0.1) is 0 Å². The van der Waals surface area contributed by atoms with Crippen molar-refractivity contribution >= 4 is 17.0 Å². The molecular formula is C19H27N3O2. The molecule has 1 aromatic heterocycles. The molecule has 1 aliphatic heterocycles. The number of ether oxygens (including phenoxy) is 1. The number of carbonyl (C=O) groups is 1. The first kappa shape index (κ1) is 16.8. The van der Waals surface area contributed by atoms with Crippen molar-refractivity contribution in [1.82, 2.24) is 15.2 Å². The lowest BCUT2D eigenvalue weighted by molar-refractivity contribution is 0.0527. The highest BCUT2D eigenvalue weighted by Crippen LogP contribution is 2.27. The Morgan fingerprint density at radius 2 is 2.00 bits per heavy atom. The second-order valence-corrected chi connectivity index (χ2v) is 7.54. The SMILES string of the molecule is Cn1cc(CCCNC(=O)OC(C)(C)C)c2cc3c(cc21)CNC3. The van der Waals surface area contributed by atoms with Gasteiger partial charge in [-0.15, -0.1) is 0 Å². The number of aromatic nitrogens is 1. The normalized spacial score (nSPS) is 14.0. The number of nitrogens with one attached hydrogen (secondary N) is 2.